The van der Waals surface area contributed by atoms with Gasteiger partial charge in [0.15, 0.2) is 0 Å². The summed E-state index contributed by atoms with van der Waals surface area (Å²) in [6.45, 7) is 9.86. The third-order valence-electron chi connectivity index (χ3n) is 8.23. The molecule has 2 saturated heterocycles. The molecule has 0 bridgehead atoms. The number of fused-ring (bicyclic) bond motifs is 1. The summed E-state index contributed by atoms with van der Waals surface area (Å²) >= 11 is 0. The van der Waals surface area contributed by atoms with Gasteiger partial charge in [-0.3, -0.25) is 9.80 Å². The molecule has 0 aliphatic carbocycles. The maximum Gasteiger partial charge on any atom is 0.119 e. The number of methoxy groups -OCH3 is 1. The van der Waals surface area contributed by atoms with Crippen LogP contribution >= 0.6 is 0 Å². The topological polar surface area (TPSA) is 40.9 Å². The number of hydrogen-bond acceptors (Lipinski definition) is 4. The normalized spacial score (nSPS) is 21.0. The van der Waals surface area contributed by atoms with E-state index in [9.17, 15) is 5.11 Å². The van der Waals surface area contributed by atoms with Crippen LogP contribution < -0.4 is 4.74 Å². The molecule has 3 aromatic rings. The third kappa shape index (κ3) is 4.61. The van der Waals surface area contributed by atoms with Gasteiger partial charge in [0.1, 0.15) is 5.75 Å². The van der Waals surface area contributed by atoms with E-state index >= 15 is 0 Å². The SMILES string of the molecule is CCCn1cc(CN2CCC3(CC2)CN(Cc2ccccc2)CC3CO)c2cc(OC)ccc21. The van der Waals surface area contributed by atoms with Crippen LogP contribution in [-0.4, -0.2) is 59.4 Å². The summed E-state index contributed by atoms with van der Waals surface area (Å²) < 4.78 is 7.92. The van der Waals surface area contributed by atoms with Crippen LogP contribution in [-0.2, 0) is 19.6 Å². The van der Waals surface area contributed by atoms with E-state index in [1.54, 1.807) is 7.11 Å². The van der Waals surface area contributed by atoms with Crippen LogP contribution in [0.15, 0.2) is 54.7 Å². The van der Waals surface area contributed by atoms with Crippen molar-refractivity contribution in [1.29, 1.82) is 0 Å². The molecule has 1 spiro atoms. The Balaban J connectivity index is 1.27. The molecule has 5 nitrogen and oxygen atoms in total. The average molecular weight is 462 g/mol. The first kappa shape index (κ1) is 23.4. The molecule has 5 rings (SSSR count). The first-order valence-electron chi connectivity index (χ1n) is 12.9. The Morgan fingerprint density at radius 3 is 2.53 bits per heavy atom. The van der Waals surface area contributed by atoms with Crippen molar-refractivity contribution in [1.82, 2.24) is 14.4 Å². The molecule has 1 N–H and O–H groups in total. The van der Waals surface area contributed by atoms with E-state index in [2.05, 4.69) is 76.0 Å². The zero-order valence-corrected chi connectivity index (χ0v) is 20.7. The molecule has 3 heterocycles. The monoisotopic (exact) mass is 461 g/mol. The maximum atomic E-state index is 10.2. The van der Waals surface area contributed by atoms with Gasteiger partial charge in [-0.15, -0.1) is 0 Å². The molecule has 1 unspecified atom stereocenters. The number of aromatic nitrogens is 1. The summed E-state index contributed by atoms with van der Waals surface area (Å²) in [6, 6.07) is 17.2. The molecule has 1 atom stereocenters. The summed E-state index contributed by atoms with van der Waals surface area (Å²) in [5.74, 6) is 1.31. The zero-order valence-electron chi connectivity index (χ0n) is 20.7. The van der Waals surface area contributed by atoms with Crippen LogP contribution in [0.2, 0.25) is 0 Å². The lowest BCUT2D eigenvalue weighted by Crippen LogP contribution is -2.44. The van der Waals surface area contributed by atoms with Crippen molar-refractivity contribution in [3.8, 4) is 5.75 Å². The van der Waals surface area contributed by atoms with Crippen LogP contribution in [0, 0.1) is 11.3 Å². The number of aliphatic hydroxyl groups excluding tert-OH is 1. The molecule has 2 aliphatic rings. The van der Waals surface area contributed by atoms with Gasteiger partial charge in [-0.1, -0.05) is 37.3 Å². The van der Waals surface area contributed by atoms with Gasteiger partial charge in [-0.2, -0.15) is 0 Å². The summed E-state index contributed by atoms with van der Waals surface area (Å²) in [5, 5.41) is 11.6. The van der Waals surface area contributed by atoms with Crippen LogP contribution in [0.4, 0.5) is 0 Å². The molecular weight excluding hydrogens is 422 g/mol. The highest BCUT2D eigenvalue weighted by atomic mass is 16.5. The third-order valence-corrected chi connectivity index (χ3v) is 8.23. The van der Waals surface area contributed by atoms with E-state index < -0.39 is 0 Å². The van der Waals surface area contributed by atoms with Crippen LogP contribution in [0.25, 0.3) is 10.9 Å². The summed E-state index contributed by atoms with van der Waals surface area (Å²) in [4.78, 5) is 5.18. The molecular formula is C29H39N3O2. The Morgan fingerprint density at radius 1 is 1.03 bits per heavy atom. The summed E-state index contributed by atoms with van der Waals surface area (Å²) in [6.07, 6.45) is 5.82. The second kappa shape index (κ2) is 10.1. The van der Waals surface area contributed by atoms with Gasteiger partial charge in [-0.25, -0.2) is 0 Å². The minimum Gasteiger partial charge on any atom is -0.497 e. The fraction of sp³-hybridized carbons (Fsp3) is 0.517. The molecule has 0 radical (unpaired) electrons. The summed E-state index contributed by atoms with van der Waals surface area (Å²) in [7, 11) is 1.74. The Hall–Kier alpha value is -2.34. The van der Waals surface area contributed by atoms with Gasteiger partial charge in [-0.05, 0) is 67.1 Å². The lowest BCUT2D eigenvalue weighted by Gasteiger charge is -2.42. The maximum absolute atomic E-state index is 10.2. The van der Waals surface area contributed by atoms with Crippen molar-refractivity contribution in [3.05, 3.63) is 65.9 Å². The number of nitrogens with zero attached hydrogens (tertiary/aromatic N) is 3. The number of hydrogen-bond donors (Lipinski definition) is 1. The number of piperidine rings is 1. The Morgan fingerprint density at radius 2 is 1.82 bits per heavy atom. The van der Waals surface area contributed by atoms with Gasteiger partial charge in [0, 0.05) is 62.3 Å². The Labute approximate surface area is 203 Å². The second-order valence-electron chi connectivity index (χ2n) is 10.4. The highest BCUT2D eigenvalue weighted by Gasteiger charge is 2.47. The summed E-state index contributed by atoms with van der Waals surface area (Å²) in [5.41, 5.74) is 4.32. The minimum atomic E-state index is 0.249. The molecule has 182 valence electrons. The van der Waals surface area contributed by atoms with Crippen molar-refractivity contribution >= 4 is 10.9 Å². The molecule has 0 saturated carbocycles. The van der Waals surface area contributed by atoms with E-state index in [1.807, 2.05) is 0 Å². The number of aryl methyl sites for hydroxylation is 1. The van der Waals surface area contributed by atoms with Gasteiger partial charge in [0.05, 0.1) is 7.11 Å². The van der Waals surface area contributed by atoms with E-state index in [4.69, 9.17) is 4.74 Å². The Bertz CT molecular complexity index is 1090. The highest BCUT2D eigenvalue weighted by Crippen LogP contribution is 2.45. The zero-order chi connectivity index (χ0) is 23.5. The first-order valence-corrected chi connectivity index (χ1v) is 12.9. The molecule has 2 aliphatic heterocycles. The van der Waals surface area contributed by atoms with Crippen molar-refractivity contribution in [2.75, 3.05) is 39.9 Å². The fourth-order valence-electron chi connectivity index (χ4n) is 6.35. The molecule has 2 fully saturated rings. The second-order valence-corrected chi connectivity index (χ2v) is 10.4. The van der Waals surface area contributed by atoms with Gasteiger partial charge in [0.25, 0.3) is 0 Å². The quantitative estimate of drug-likeness (QED) is 0.525. The van der Waals surface area contributed by atoms with E-state index in [0.717, 1.165) is 58.0 Å². The Kier molecular flexibility index (Phi) is 6.96. The van der Waals surface area contributed by atoms with E-state index in [-0.39, 0.29) is 5.41 Å². The number of aliphatic hydroxyl groups is 1. The van der Waals surface area contributed by atoms with Crippen LogP contribution in [0.5, 0.6) is 5.75 Å². The van der Waals surface area contributed by atoms with E-state index in [1.165, 1.54) is 34.9 Å². The molecule has 34 heavy (non-hydrogen) atoms. The molecule has 0 amide bonds. The predicted octanol–water partition coefficient (Wildman–Crippen LogP) is 4.77. The van der Waals surface area contributed by atoms with Crippen molar-refractivity contribution in [2.24, 2.45) is 11.3 Å². The lowest BCUT2D eigenvalue weighted by molar-refractivity contribution is 0.0483. The molecule has 5 heteroatoms. The first-order chi connectivity index (χ1) is 16.6. The number of ether oxygens (including phenoxy) is 1. The molecule has 1 aromatic heterocycles. The predicted molar refractivity (Wildman–Crippen MR) is 138 cm³/mol. The van der Waals surface area contributed by atoms with Crippen LogP contribution in [0.3, 0.4) is 0 Å². The van der Waals surface area contributed by atoms with Crippen molar-refractivity contribution < 1.29 is 9.84 Å². The van der Waals surface area contributed by atoms with E-state index in [0.29, 0.717) is 12.5 Å². The minimum absolute atomic E-state index is 0.249. The number of likely N-dealkylation sites (tertiary alicyclic amines) is 2. The van der Waals surface area contributed by atoms with Crippen molar-refractivity contribution in [2.45, 2.75) is 45.8 Å². The molecule has 2 aromatic carbocycles. The smallest absolute Gasteiger partial charge is 0.119 e. The standard InChI is InChI=1S/C29H39N3O2/c1-3-13-32-19-24(27-16-26(34-2)9-10-28(27)32)18-30-14-11-29(12-15-30)22-31(20-25(29)21-33)17-23-7-5-4-6-8-23/h4-10,16,19,25,33H,3,11-15,17-18,20-22H2,1-2H3. The van der Waals surface area contributed by atoms with Crippen LogP contribution in [0.1, 0.15) is 37.3 Å². The van der Waals surface area contributed by atoms with Gasteiger partial charge < -0.3 is 14.4 Å². The number of rotatable bonds is 8. The van der Waals surface area contributed by atoms with Gasteiger partial charge >= 0.3 is 0 Å². The fourth-order valence-corrected chi connectivity index (χ4v) is 6.35. The highest BCUT2D eigenvalue weighted by molar-refractivity contribution is 5.85. The van der Waals surface area contributed by atoms with Crippen molar-refractivity contribution in [3.63, 3.8) is 0 Å². The largest absolute Gasteiger partial charge is 0.497 e. The number of benzene rings is 2. The van der Waals surface area contributed by atoms with Gasteiger partial charge in [0.2, 0.25) is 0 Å². The average Bonchev–Trinajstić information content (AvgIpc) is 3.38. The lowest BCUT2D eigenvalue weighted by atomic mass is 9.71.